The number of carbonyl (C=O) groups is 1. The van der Waals surface area contributed by atoms with E-state index in [1.54, 1.807) is 0 Å². The van der Waals surface area contributed by atoms with Gasteiger partial charge in [0.05, 0.1) is 0 Å². The summed E-state index contributed by atoms with van der Waals surface area (Å²) in [5, 5.41) is 2.74. The minimum Gasteiger partial charge on any atom is -0.356 e. The van der Waals surface area contributed by atoms with Gasteiger partial charge in [-0.15, -0.1) is 0 Å². The Morgan fingerprint density at radius 3 is 2.38 bits per heavy atom. The molecular weight excluding hydrogens is 166 g/mol. The van der Waals surface area contributed by atoms with E-state index >= 15 is 0 Å². The molecule has 0 radical (unpaired) electrons. The third-order valence-electron chi connectivity index (χ3n) is 2.06. The highest BCUT2D eigenvalue weighted by Gasteiger charge is 2.11. The summed E-state index contributed by atoms with van der Waals surface area (Å²) in [6, 6.07) is 0.396. The lowest BCUT2D eigenvalue weighted by molar-refractivity contribution is -0.110. The lowest BCUT2D eigenvalue weighted by Gasteiger charge is -2.20. The second kappa shape index (κ2) is 6.86. The van der Waals surface area contributed by atoms with Gasteiger partial charge in [0.1, 0.15) is 0 Å². The summed E-state index contributed by atoms with van der Waals surface area (Å²) in [6.07, 6.45) is 3.24. The number of nitrogens with two attached hydrogens (primary N) is 2. The first kappa shape index (κ1) is 12.4. The van der Waals surface area contributed by atoms with Crippen LogP contribution >= 0.6 is 0 Å². The van der Waals surface area contributed by atoms with Crippen LogP contribution in [0.3, 0.4) is 0 Å². The standard InChI is InChI=1S/C9H21N3O/c1-3-9(12-6-13)5-8(11)4-7(2)10/h6-9H,3-5,10-11H2,1-2H3,(H,12,13). The lowest BCUT2D eigenvalue weighted by atomic mass is 10.0. The fourth-order valence-corrected chi connectivity index (χ4v) is 1.39. The predicted octanol–water partition coefficient (Wildman–Crippen LogP) is -0.0343. The molecule has 0 aromatic heterocycles. The summed E-state index contributed by atoms with van der Waals surface area (Å²) >= 11 is 0. The maximum atomic E-state index is 10.2. The van der Waals surface area contributed by atoms with E-state index in [1.165, 1.54) is 0 Å². The van der Waals surface area contributed by atoms with E-state index < -0.39 is 0 Å². The molecule has 78 valence electrons. The molecule has 0 saturated heterocycles. The average Bonchev–Trinajstić information content (AvgIpc) is 2.02. The van der Waals surface area contributed by atoms with Gasteiger partial charge in [-0.25, -0.2) is 0 Å². The SMILES string of the molecule is CCC(CC(N)CC(C)N)NC=O. The van der Waals surface area contributed by atoms with E-state index in [2.05, 4.69) is 5.32 Å². The molecule has 0 fully saturated rings. The lowest BCUT2D eigenvalue weighted by Crippen LogP contribution is -2.37. The van der Waals surface area contributed by atoms with Gasteiger partial charge in [-0.2, -0.15) is 0 Å². The Balaban J connectivity index is 3.71. The zero-order valence-corrected chi connectivity index (χ0v) is 8.49. The van der Waals surface area contributed by atoms with Gasteiger partial charge in [0, 0.05) is 18.1 Å². The van der Waals surface area contributed by atoms with Gasteiger partial charge in [-0.1, -0.05) is 6.92 Å². The van der Waals surface area contributed by atoms with E-state index in [0.29, 0.717) is 0 Å². The second-order valence-electron chi connectivity index (χ2n) is 3.60. The van der Waals surface area contributed by atoms with Crippen LogP contribution in [-0.4, -0.2) is 24.5 Å². The molecule has 4 nitrogen and oxygen atoms in total. The zero-order valence-electron chi connectivity index (χ0n) is 8.49. The van der Waals surface area contributed by atoms with Crippen molar-refractivity contribution < 1.29 is 4.79 Å². The summed E-state index contributed by atoms with van der Waals surface area (Å²) in [5.74, 6) is 0. The molecule has 3 atom stereocenters. The van der Waals surface area contributed by atoms with Gasteiger partial charge in [-0.3, -0.25) is 4.79 Å². The highest BCUT2D eigenvalue weighted by molar-refractivity contribution is 5.46. The van der Waals surface area contributed by atoms with Gasteiger partial charge in [0.2, 0.25) is 6.41 Å². The van der Waals surface area contributed by atoms with Crippen LogP contribution in [0.15, 0.2) is 0 Å². The van der Waals surface area contributed by atoms with E-state index in [4.69, 9.17) is 11.5 Å². The van der Waals surface area contributed by atoms with Gasteiger partial charge < -0.3 is 16.8 Å². The van der Waals surface area contributed by atoms with Crippen LogP contribution in [0.25, 0.3) is 0 Å². The van der Waals surface area contributed by atoms with Crippen LogP contribution in [0.2, 0.25) is 0 Å². The maximum absolute atomic E-state index is 10.2. The molecule has 0 spiro atoms. The summed E-state index contributed by atoms with van der Waals surface area (Å²) in [5.41, 5.74) is 11.5. The molecule has 3 unspecified atom stereocenters. The highest BCUT2D eigenvalue weighted by atomic mass is 16.1. The first-order chi connectivity index (χ1) is 6.10. The molecule has 1 amide bonds. The fourth-order valence-electron chi connectivity index (χ4n) is 1.39. The van der Waals surface area contributed by atoms with Crippen LogP contribution in [0, 0.1) is 0 Å². The molecular formula is C9H21N3O. The van der Waals surface area contributed by atoms with E-state index in [-0.39, 0.29) is 18.1 Å². The number of amides is 1. The van der Waals surface area contributed by atoms with E-state index in [9.17, 15) is 4.79 Å². The zero-order chi connectivity index (χ0) is 10.3. The van der Waals surface area contributed by atoms with Crippen molar-refractivity contribution in [2.24, 2.45) is 11.5 Å². The van der Waals surface area contributed by atoms with Crippen LogP contribution in [-0.2, 0) is 4.79 Å². The van der Waals surface area contributed by atoms with Gasteiger partial charge in [-0.05, 0) is 26.2 Å². The molecule has 0 heterocycles. The highest BCUT2D eigenvalue weighted by Crippen LogP contribution is 2.04. The Hall–Kier alpha value is -0.610. The summed E-state index contributed by atoms with van der Waals surface area (Å²) < 4.78 is 0. The molecule has 5 N–H and O–H groups in total. The molecule has 13 heavy (non-hydrogen) atoms. The van der Waals surface area contributed by atoms with Crippen molar-refractivity contribution in [1.82, 2.24) is 5.32 Å². The molecule has 0 saturated carbocycles. The van der Waals surface area contributed by atoms with Crippen molar-refractivity contribution in [3.8, 4) is 0 Å². The average molecular weight is 187 g/mol. The second-order valence-corrected chi connectivity index (χ2v) is 3.60. The molecule has 0 rings (SSSR count). The molecule has 4 heteroatoms. The third kappa shape index (κ3) is 6.54. The maximum Gasteiger partial charge on any atom is 0.207 e. The third-order valence-corrected chi connectivity index (χ3v) is 2.06. The number of rotatable bonds is 7. The molecule has 0 aliphatic rings. The minimum atomic E-state index is 0.0809. The van der Waals surface area contributed by atoms with E-state index in [1.807, 2.05) is 13.8 Å². The molecule has 0 aliphatic heterocycles. The van der Waals surface area contributed by atoms with Crippen LogP contribution in [0.5, 0.6) is 0 Å². The van der Waals surface area contributed by atoms with Gasteiger partial charge in [0.15, 0.2) is 0 Å². The van der Waals surface area contributed by atoms with Gasteiger partial charge in [0.25, 0.3) is 0 Å². The molecule has 0 bridgehead atoms. The van der Waals surface area contributed by atoms with Crippen molar-refractivity contribution in [1.29, 1.82) is 0 Å². The number of hydrogen-bond donors (Lipinski definition) is 3. The summed E-state index contributed by atoms with van der Waals surface area (Å²) in [6.45, 7) is 3.97. The smallest absolute Gasteiger partial charge is 0.207 e. The largest absolute Gasteiger partial charge is 0.356 e. The van der Waals surface area contributed by atoms with Crippen molar-refractivity contribution in [3.05, 3.63) is 0 Å². The Kier molecular flexibility index (Phi) is 6.54. The number of carbonyl (C=O) groups excluding carboxylic acids is 1. The first-order valence-electron chi connectivity index (χ1n) is 4.81. The van der Waals surface area contributed by atoms with Crippen LogP contribution in [0.4, 0.5) is 0 Å². The predicted molar refractivity (Wildman–Crippen MR) is 54.1 cm³/mol. The summed E-state index contributed by atoms with van der Waals surface area (Å²) in [4.78, 5) is 10.2. The first-order valence-corrected chi connectivity index (χ1v) is 4.81. The van der Waals surface area contributed by atoms with Crippen LogP contribution < -0.4 is 16.8 Å². The number of hydrogen-bond acceptors (Lipinski definition) is 3. The van der Waals surface area contributed by atoms with Crippen molar-refractivity contribution >= 4 is 6.41 Å². The van der Waals surface area contributed by atoms with Gasteiger partial charge >= 0.3 is 0 Å². The Morgan fingerprint density at radius 1 is 1.38 bits per heavy atom. The topological polar surface area (TPSA) is 81.1 Å². The Morgan fingerprint density at radius 2 is 2.00 bits per heavy atom. The summed E-state index contributed by atoms with van der Waals surface area (Å²) in [7, 11) is 0. The van der Waals surface area contributed by atoms with Crippen molar-refractivity contribution in [2.45, 2.75) is 51.2 Å². The van der Waals surface area contributed by atoms with Crippen LogP contribution in [0.1, 0.15) is 33.1 Å². The molecule has 0 aliphatic carbocycles. The Bertz CT molecular complexity index is 139. The quantitative estimate of drug-likeness (QED) is 0.489. The van der Waals surface area contributed by atoms with Crippen molar-refractivity contribution in [3.63, 3.8) is 0 Å². The fraction of sp³-hybridized carbons (Fsp3) is 0.889. The normalized spacial score (nSPS) is 17.5. The minimum absolute atomic E-state index is 0.0809. The Labute approximate surface area is 80.0 Å². The monoisotopic (exact) mass is 187 g/mol. The number of nitrogens with one attached hydrogen (secondary N) is 1. The van der Waals surface area contributed by atoms with Crippen molar-refractivity contribution in [2.75, 3.05) is 0 Å². The molecule has 0 aromatic rings. The van der Waals surface area contributed by atoms with E-state index in [0.717, 1.165) is 25.7 Å². The molecule has 0 aromatic carbocycles.